The Morgan fingerprint density at radius 3 is 2.69 bits per heavy atom. The molecule has 0 spiro atoms. The van der Waals surface area contributed by atoms with Crippen LogP contribution in [0.15, 0.2) is 12.1 Å². The highest BCUT2D eigenvalue weighted by Crippen LogP contribution is 2.37. The van der Waals surface area contributed by atoms with E-state index in [1.807, 2.05) is 0 Å². The molecule has 0 aliphatic heterocycles. The summed E-state index contributed by atoms with van der Waals surface area (Å²) in [4.78, 5) is 0. The lowest BCUT2D eigenvalue weighted by Gasteiger charge is -2.14. The van der Waals surface area contributed by atoms with E-state index in [0.717, 1.165) is 0 Å². The number of aliphatic hydroxyl groups excluding tert-OH is 1. The van der Waals surface area contributed by atoms with Gasteiger partial charge < -0.3 is 20.9 Å². The highest BCUT2D eigenvalue weighted by molar-refractivity contribution is 6.44. The molecule has 0 saturated carbocycles. The van der Waals surface area contributed by atoms with Crippen LogP contribution in [0.1, 0.15) is 0 Å². The molecular weight excluding hydrogens is 251 g/mol. The van der Waals surface area contributed by atoms with E-state index in [4.69, 9.17) is 38.8 Å². The number of hydrogen-bond acceptors (Lipinski definition) is 4. The molecule has 1 aromatic rings. The summed E-state index contributed by atoms with van der Waals surface area (Å²) < 4.78 is 5.02. The molecule has 0 aromatic heterocycles. The number of nitrogens with two attached hydrogens (primary N) is 1. The van der Waals surface area contributed by atoms with Crippen molar-refractivity contribution in [3.63, 3.8) is 0 Å². The van der Waals surface area contributed by atoms with E-state index in [-0.39, 0.29) is 12.6 Å². The first-order valence-corrected chi connectivity index (χ1v) is 5.48. The Balaban J connectivity index is 2.78. The second kappa shape index (κ2) is 6.15. The van der Waals surface area contributed by atoms with Crippen LogP contribution in [0.5, 0.6) is 5.75 Å². The van der Waals surface area contributed by atoms with Gasteiger partial charge in [-0.05, 0) is 12.1 Å². The third-order valence-corrected chi connectivity index (χ3v) is 2.92. The first-order chi connectivity index (χ1) is 7.60. The molecule has 0 radical (unpaired) electrons. The zero-order chi connectivity index (χ0) is 12.1. The lowest BCUT2D eigenvalue weighted by molar-refractivity contribution is 0.270. The summed E-state index contributed by atoms with van der Waals surface area (Å²) in [6.45, 7) is 0.327. The summed E-state index contributed by atoms with van der Waals surface area (Å²) in [5.74, 6) is 0.517. The molecule has 0 heterocycles. The van der Waals surface area contributed by atoms with Gasteiger partial charge in [0.15, 0.2) is 0 Å². The Bertz CT molecular complexity index is 361. The molecule has 0 amide bonds. The molecule has 0 saturated heterocycles. The minimum Gasteiger partial charge on any atom is -0.495 e. The fourth-order valence-electron chi connectivity index (χ4n) is 1.13. The Morgan fingerprint density at radius 2 is 2.12 bits per heavy atom. The van der Waals surface area contributed by atoms with Crippen molar-refractivity contribution in [3.05, 3.63) is 22.2 Å². The predicted octanol–water partition coefficient (Wildman–Crippen LogP) is 1.73. The van der Waals surface area contributed by atoms with Crippen LogP contribution in [-0.2, 0) is 0 Å². The van der Waals surface area contributed by atoms with Gasteiger partial charge in [0.05, 0.1) is 24.4 Å². The van der Waals surface area contributed by atoms with Gasteiger partial charge in [-0.3, -0.25) is 0 Å². The van der Waals surface area contributed by atoms with Crippen molar-refractivity contribution in [2.75, 3.05) is 25.6 Å². The molecule has 4 N–H and O–H groups in total. The average molecular weight is 265 g/mol. The molecule has 16 heavy (non-hydrogen) atoms. The lowest BCUT2D eigenvalue weighted by atomic mass is 10.2. The Labute approximate surface area is 104 Å². The van der Waals surface area contributed by atoms with Gasteiger partial charge in [-0.1, -0.05) is 23.2 Å². The summed E-state index contributed by atoms with van der Waals surface area (Å²) in [6, 6.07) is 3.12. The van der Waals surface area contributed by atoms with E-state index in [1.54, 1.807) is 12.1 Å². The topological polar surface area (TPSA) is 67.5 Å². The van der Waals surface area contributed by atoms with Gasteiger partial charge in [0, 0.05) is 12.6 Å². The molecule has 0 bridgehead atoms. The fraction of sp³-hybridized carbons (Fsp3) is 0.400. The number of methoxy groups -OCH3 is 1. The van der Waals surface area contributed by atoms with Crippen molar-refractivity contribution in [1.29, 1.82) is 0 Å². The quantitative estimate of drug-likeness (QED) is 0.758. The molecule has 90 valence electrons. The van der Waals surface area contributed by atoms with Crippen LogP contribution in [0.3, 0.4) is 0 Å². The first kappa shape index (κ1) is 13.4. The number of benzene rings is 1. The van der Waals surface area contributed by atoms with Gasteiger partial charge in [-0.2, -0.15) is 0 Å². The van der Waals surface area contributed by atoms with Crippen LogP contribution >= 0.6 is 23.2 Å². The predicted molar refractivity (Wildman–Crippen MR) is 66.6 cm³/mol. The minimum atomic E-state index is -0.336. The standard InChI is InChI=1S/C10H14Cl2N2O2/c1-16-8-3-2-7(9(11)10(8)12)14-4-6(13)5-15/h2-3,6,14-15H,4-5,13H2,1H3. The molecule has 1 aromatic carbocycles. The smallest absolute Gasteiger partial charge is 0.139 e. The maximum atomic E-state index is 8.77. The van der Waals surface area contributed by atoms with Crippen molar-refractivity contribution in [2.45, 2.75) is 6.04 Å². The van der Waals surface area contributed by atoms with Gasteiger partial charge in [0.1, 0.15) is 10.8 Å². The molecular formula is C10H14Cl2N2O2. The fourth-order valence-corrected chi connectivity index (χ4v) is 1.60. The van der Waals surface area contributed by atoms with E-state index in [1.165, 1.54) is 7.11 Å². The van der Waals surface area contributed by atoms with E-state index >= 15 is 0 Å². The number of rotatable bonds is 5. The lowest BCUT2D eigenvalue weighted by Crippen LogP contribution is -2.32. The van der Waals surface area contributed by atoms with Crippen LogP contribution in [-0.4, -0.2) is 31.4 Å². The SMILES string of the molecule is COc1ccc(NCC(N)CO)c(Cl)c1Cl. The summed E-state index contributed by atoms with van der Waals surface area (Å²) >= 11 is 12.0. The molecule has 1 atom stereocenters. The third-order valence-electron chi connectivity index (χ3n) is 2.06. The van der Waals surface area contributed by atoms with Crippen molar-refractivity contribution >= 4 is 28.9 Å². The van der Waals surface area contributed by atoms with Gasteiger partial charge >= 0.3 is 0 Å². The summed E-state index contributed by atoms with van der Waals surface area (Å²) in [5, 5.41) is 12.5. The van der Waals surface area contributed by atoms with E-state index in [0.29, 0.717) is 28.0 Å². The molecule has 0 aliphatic rings. The number of halogens is 2. The average Bonchev–Trinajstić information content (AvgIpc) is 2.30. The van der Waals surface area contributed by atoms with E-state index in [9.17, 15) is 0 Å². The molecule has 0 aliphatic carbocycles. The van der Waals surface area contributed by atoms with Crippen molar-refractivity contribution < 1.29 is 9.84 Å². The first-order valence-electron chi connectivity index (χ1n) is 4.72. The van der Waals surface area contributed by atoms with E-state index in [2.05, 4.69) is 5.32 Å². The molecule has 4 nitrogen and oxygen atoms in total. The molecule has 0 fully saturated rings. The third kappa shape index (κ3) is 3.15. The number of nitrogens with one attached hydrogen (secondary N) is 1. The number of hydrogen-bond donors (Lipinski definition) is 3. The number of aliphatic hydroxyl groups is 1. The number of ether oxygens (including phenoxy) is 1. The zero-order valence-corrected chi connectivity index (χ0v) is 10.3. The van der Waals surface area contributed by atoms with Crippen LogP contribution < -0.4 is 15.8 Å². The number of anilines is 1. The minimum absolute atomic E-state index is 0.0888. The summed E-state index contributed by atoms with van der Waals surface area (Å²) in [7, 11) is 1.52. The zero-order valence-electron chi connectivity index (χ0n) is 8.84. The second-order valence-corrected chi connectivity index (χ2v) is 4.02. The summed E-state index contributed by atoms with van der Waals surface area (Å²) in [6.07, 6.45) is 0. The van der Waals surface area contributed by atoms with Gasteiger partial charge in [0.2, 0.25) is 0 Å². The maximum Gasteiger partial charge on any atom is 0.139 e. The Kier molecular flexibility index (Phi) is 5.15. The monoisotopic (exact) mass is 264 g/mol. The van der Waals surface area contributed by atoms with Crippen molar-refractivity contribution in [3.8, 4) is 5.75 Å². The van der Waals surface area contributed by atoms with Crippen LogP contribution in [0.2, 0.25) is 10.0 Å². The van der Waals surface area contributed by atoms with Gasteiger partial charge in [-0.15, -0.1) is 0 Å². The second-order valence-electron chi connectivity index (χ2n) is 3.27. The normalized spacial score (nSPS) is 12.3. The maximum absolute atomic E-state index is 8.77. The molecule has 1 rings (SSSR count). The summed E-state index contributed by atoms with van der Waals surface area (Å²) in [5.41, 5.74) is 6.22. The van der Waals surface area contributed by atoms with Crippen LogP contribution in [0.25, 0.3) is 0 Å². The van der Waals surface area contributed by atoms with E-state index < -0.39 is 0 Å². The van der Waals surface area contributed by atoms with Crippen LogP contribution in [0, 0.1) is 0 Å². The van der Waals surface area contributed by atoms with Gasteiger partial charge in [-0.25, -0.2) is 0 Å². The van der Waals surface area contributed by atoms with Crippen LogP contribution in [0.4, 0.5) is 5.69 Å². The Morgan fingerprint density at radius 1 is 1.44 bits per heavy atom. The molecule has 6 heteroatoms. The van der Waals surface area contributed by atoms with Gasteiger partial charge in [0.25, 0.3) is 0 Å². The highest BCUT2D eigenvalue weighted by Gasteiger charge is 2.10. The Hall–Kier alpha value is -0.680. The highest BCUT2D eigenvalue weighted by atomic mass is 35.5. The molecule has 1 unspecified atom stereocenters. The van der Waals surface area contributed by atoms with Crippen molar-refractivity contribution in [1.82, 2.24) is 0 Å². The van der Waals surface area contributed by atoms with Crippen molar-refractivity contribution in [2.24, 2.45) is 5.73 Å². The largest absolute Gasteiger partial charge is 0.495 e.